The Kier molecular flexibility index (Phi) is 4.10. The normalized spacial score (nSPS) is 11.4. The number of halogens is 1. The molecule has 92 valence electrons. The van der Waals surface area contributed by atoms with Crippen LogP contribution in [0.25, 0.3) is 0 Å². The van der Waals surface area contributed by atoms with E-state index in [1.54, 1.807) is 0 Å². The fourth-order valence-electron chi connectivity index (χ4n) is 1.67. The Hall–Kier alpha value is -1.68. The number of rotatable bonds is 3. The highest BCUT2D eigenvalue weighted by atomic mass is 79.9. The van der Waals surface area contributed by atoms with Crippen molar-refractivity contribution in [1.29, 1.82) is 0 Å². The monoisotopic (exact) mass is 304 g/mol. The second-order valence-electron chi connectivity index (χ2n) is 3.84. The number of hydrogen-bond donors (Lipinski definition) is 0. The first-order valence-electron chi connectivity index (χ1n) is 5.52. The zero-order chi connectivity index (χ0) is 13.0. The predicted octanol–water partition coefficient (Wildman–Crippen LogP) is 3.55. The number of oxime groups is 1. The van der Waals surface area contributed by atoms with Crippen molar-refractivity contribution in [2.75, 3.05) is 7.11 Å². The summed E-state index contributed by atoms with van der Waals surface area (Å²) in [4.78, 5) is 9.33. The topological polar surface area (TPSA) is 34.5 Å². The smallest absolute Gasteiger partial charge is 0.135 e. The van der Waals surface area contributed by atoms with E-state index in [4.69, 9.17) is 4.84 Å². The molecule has 0 radical (unpaired) electrons. The van der Waals surface area contributed by atoms with E-state index in [1.807, 2.05) is 43.3 Å². The predicted molar refractivity (Wildman–Crippen MR) is 75.8 cm³/mol. The molecule has 1 heterocycles. The number of aryl methyl sites for hydroxylation is 1. The van der Waals surface area contributed by atoms with Crippen LogP contribution in [0, 0.1) is 6.92 Å². The Balaban J connectivity index is 2.50. The van der Waals surface area contributed by atoms with E-state index in [9.17, 15) is 0 Å². The van der Waals surface area contributed by atoms with Gasteiger partial charge < -0.3 is 4.84 Å². The second kappa shape index (κ2) is 5.78. The fourth-order valence-corrected chi connectivity index (χ4v) is 2.01. The Morgan fingerprint density at radius 3 is 2.67 bits per heavy atom. The maximum atomic E-state index is 4.93. The van der Waals surface area contributed by atoms with Crippen LogP contribution >= 0.6 is 15.9 Å². The average Bonchev–Trinajstić information content (AvgIpc) is 2.36. The molecule has 4 heteroatoms. The van der Waals surface area contributed by atoms with Gasteiger partial charge in [0.15, 0.2) is 0 Å². The Morgan fingerprint density at radius 1 is 1.22 bits per heavy atom. The number of hydrogen-bond acceptors (Lipinski definition) is 3. The van der Waals surface area contributed by atoms with Crippen molar-refractivity contribution in [3.8, 4) is 0 Å². The van der Waals surface area contributed by atoms with Gasteiger partial charge in [0.05, 0.1) is 5.69 Å². The summed E-state index contributed by atoms with van der Waals surface area (Å²) in [6, 6.07) is 13.8. The van der Waals surface area contributed by atoms with Gasteiger partial charge in [0.25, 0.3) is 0 Å². The fraction of sp³-hybridized carbons (Fsp3) is 0.143. The number of pyridine rings is 1. The summed E-state index contributed by atoms with van der Waals surface area (Å²) in [5.41, 5.74) is 3.66. The third-order valence-electron chi connectivity index (χ3n) is 2.43. The average molecular weight is 305 g/mol. The third-order valence-corrected chi connectivity index (χ3v) is 2.87. The van der Waals surface area contributed by atoms with E-state index in [0.717, 1.165) is 21.6 Å². The largest absolute Gasteiger partial charge is 0.399 e. The molecule has 0 saturated heterocycles. The van der Waals surface area contributed by atoms with E-state index in [0.29, 0.717) is 0 Å². The quantitative estimate of drug-likeness (QED) is 0.494. The first-order valence-corrected chi connectivity index (χ1v) is 6.31. The van der Waals surface area contributed by atoms with Gasteiger partial charge in [-0.2, -0.15) is 0 Å². The van der Waals surface area contributed by atoms with Crippen LogP contribution in [0.3, 0.4) is 0 Å². The SMILES string of the molecule is CON=C(c1cccc(C)c1)c1cccc(Br)n1. The van der Waals surface area contributed by atoms with Crippen LogP contribution in [0.5, 0.6) is 0 Å². The summed E-state index contributed by atoms with van der Waals surface area (Å²) in [5, 5.41) is 4.08. The molecule has 0 atom stereocenters. The maximum Gasteiger partial charge on any atom is 0.135 e. The zero-order valence-corrected chi connectivity index (χ0v) is 11.8. The summed E-state index contributed by atoms with van der Waals surface area (Å²) < 4.78 is 0.774. The molecule has 0 amide bonds. The first kappa shape index (κ1) is 12.8. The summed E-state index contributed by atoms with van der Waals surface area (Å²) in [5.74, 6) is 0. The van der Waals surface area contributed by atoms with Crippen molar-refractivity contribution in [1.82, 2.24) is 4.98 Å². The van der Waals surface area contributed by atoms with Crippen molar-refractivity contribution in [2.24, 2.45) is 5.16 Å². The van der Waals surface area contributed by atoms with Gasteiger partial charge >= 0.3 is 0 Å². The third kappa shape index (κ3) is 2.96. The summed E-state index contributed by atoms with van der Waals surface area (Å²) >= 11 is 3.36. The molecule has 1 aromatic heterocycles. The molecule has 2 rings (SSSR count). The number of nitrogens with zero attached hydrogens (tertiary/aromatic N) is 2. The molecule has 0 aliphatic heterocycles. The van der Waals surface area contributed by atoms with E-state index in [-0.39, 0.29) is 0 Å². The van der Waals surface area contributed by atoms with E-state index < -0.39 is 0 Å². The molecule has 3 nitrogen and oxygen atoms in total. The van der Waals surface area contributed by atoms with Crippen molar-refractivity contribution < 1.29 is 4.84 Å². The maximum absolute atomic E-state index is 4.93. The molecule has 0 aliphatic rings. The zero-order valence-electron chi connectivity index (χ0n) is 10.2. The molecule has 0 bridgehead atoms. The number of benzene rings is 1. The van der Waals surface area contributed by atoms with E-state index in [2.05, 4.69) is 32.1 Å². The Morgan fingerprint density at radius 2 is 2.00 bits per heavy atom. The number of aromatic nitrogens is 1. The minimum atomic E-state index is 0.725. The lowest BCUT2D eigenvalue weighted by Crippen LogP contribution is -2.06. The molecule has 0 unspecified atom stereocenters. The minimum absolute atomic E-state index is 0.725. The molecule has 0 spiro atoms. The lowest BCUT2D eigenvalue weighted by Gasteiger charge is -2.06. The molecule has 0 aliphatic carbocycles. The van der Waals surface area contributed by atoms with Gasteiger partial charge in [0.1, 0.15) is 17.4 Å². The van der Waals surface area contributed by atoms with Gasteiger partial charge in [-0.25, -0.2) is 4.98 Å². The molecule has 0 saturated carbocycles. The van der Waals surface area contributed by atoms with Crippen molar-refractivity contribution in [3.05, 3.63) is 63.9 Å². The van der Waals surface area contributed by atoms with E-state index in [1.165, 1.54) is 12.7 Å². The first-order chi connectivity index (χ1) is 8.70. The molecule has 2 aromatic rings. The lowest BCUT2D eigenvalue weighted by molar-refractivity contribution is 0.214. The molecule has 1 aromatic carbocycles. The highest BCUT2D eigenvalue weighted by Crippen LogP contribution is 2.14. The van der Waals surface area contributed by atoms with Crippen molar-refractivity contribution >= 4 is 21.6 Å². The lowest BCUT2D eigenvalue weighted by atomic mass is 10.0. The summed E-state index contributed by atoms with van der Waals surface area (Å²) in [6.45, 7) is 2.04. The standard InChI is InChI=1S/C14H13BrN2O/c1-10-5-3-6-11(9-10)14(17-18-2)12-7-4-8-13(15)16-12/h3-9H,1-2H3. The van der Waals surface area contributed by atoms with Gasteiger partial charge in [-0.05, 0) is 41.1 Å². The van der Waals surface area contributed by atoms with Gasteiger partial charge in [0, 0.05) is 5.56 Å². The van der Waals surface area contributed by atoms with E-state index >= 15 is 0 Å². The second-order valence-corrected chi connectivity index (χ2v) is 4.65. The Labute approximate surface area is 115 Å². The van der Waals surface area contributed by atoms with Gasteiger partial charge in [-0.1, -0.05) is 35.0 Å². The van der Waals surface area contributed by atoms with Crippen LogP contribution < -0.4 is 0 Å². The van der Waals surface area contributed by atoms with Crippen LogP contribution in [0.1, 0.15) is 16.8 Å². The highest BCUT2D eigenvalue weighted by molar-refractivity contribution is 9.10. The van der Waals surface area contributed by atoms with Gasteiger partial charge in [-0.3, -0.25) is 0 Å². The molecular weight excluding hydrogens is 292 g/mol. The van der Waals surface area contributed by atoms with Crippen LogP contribution in [0.4, 0.5) is 0 Å². The molecular formula is C14H13BrN2O. The van der Waals surface area contributed by atoms with Gasteiger partial charge in [-0.15, -0.1) is 0 Å². The van der Waals surface area contributed by atoms with Crippen LogP contribution in [0.15, 0.2) is 52.2 Å². The van der Waals surface area contributed by atoms with Crippen LogP contribution in [0.2, 0.25) is 0 Å². The molecule has 0 fully saturated rings. The van der Waals surface area contributed by atoms with Crippen LogP contribution in [-0.4, -0.2) is 17.8 Å². The highest BCUT2D eigenvalue weighted by Gasteiger charge is 2.10. The summed E-state index contributed by atoms with van der Waals surface area (Å²) in [7, 11) is 1.54. The summed E-state index contributed by atoms with van der Waals surface area (Å²) in [6.07, 6.45) is 0. The Bertz CT molecular complexity index is 534. The van der Waals surface area contributed by atoms with Crippen LogP contribution in [-0.2, 0) is 4.84 Å². The van der Waals surface area contributed by atoms with Crippen molar-refractivity contribution in [3.63, 3.8) is 0 Å². The van der Waals surface area contributed by atoms with Gasteiger partial charge in [0.2, 0.25) is 0 Å². The molecule has 0 N–H and O–H groups in total. The minimum Gasteiger partial charge on any atom is -0.399 e. The molecule has 18 heavy (non-hydrogen) atoms. The van der Waals surface area contributed by atoms with Crippen molar-refractivity contribution in [2.45, 2.75) is 6.92 Å².